The molecule has 1 N–H and O–H groups in total. The monoisotopic (exact) mass is 387 g/mol. The third-order valence-electron chi connectivity index (χ3n) is 4.06. The maximum atomic E-state index is 12.9. The molecule has 3 aromatic rings. The Morgan fingerprint density at radius 2 is 1.70 bits per heavy atom. The van der Waals surface area contributed by atoms with E-state index in [0.29, 0.717) is 0 Å². The van der Waals surface area contributed by atoms with Crippen LogP contribution in [0.15, 0.2) is 71.6 Å². The van der Waals surface area contributed by atoms with Crippen LogP contribution < -0.4 is 4.72 Å². The van der Waals surface area contributed by atoms with Crippen molar-refractivity contribution in [2.75, 3.05) is 0 Å². The van der Waals surface area contributed by atoms with Crippen LogP contribution >= 0.6 is 0 Å². The van der Waals surface area contributed by atoms with E-state index in [-0.39, 0.29) is 11.5 Å². The number of rotatable bonds is 6. The number of carbonyl (C=O) groups is 1. The van der Waals surface area contributed by atoms with Crippen LogP contribution in [0.2, 0.25) is 0 Å². The molecule has 0 amide bonds. The highest BCUT2D eigenvalue weighted by Gasteiger charge is 2.23. The van der Waals surface area contributed by atoms with Gasteiger partial charge in [-0.15, -0.1) is 0 Å². The van der Waals surface area contributed by atoms with E-state index in [4.69, 9.17) is 4.74 Å². The summed E-state index contributed by atoms with van der Waals surface area (Å²) in [6.45, 7) is 1.43. The number of esters is 1. The molecule has 0 bridgehead atoms. The second-order valence-electron chi connectivity index (χ2n) is 6.04. The highest BCUT2D eigenvalue weighted by Crippen LogP contribution is 2.19. The number of benzene rings is 3. The van der Waals surface area contributed by atoms with Crippen LogP contribution in [0.4, 0.5) is 4.39 Å². The predicted molar refractivity (Wildman–Crippen MR) is 99.9 cm³/mol. The number of hydrogen-bond acceptors (Lipinski definition) is 4. The van der Waals surface area contributed by atoms with Crippen LogP contribution in [0.3, 0.4) is 0 Å². The molecular formula is C20H18FNO4S. The van der Waals surface area contributed by atoms with Crippen molar-refractivity contribution < 1.29 is 22.3 Å². The number of halogens is 1. The number of fused-ring (bicyclic) bond motifs is 1. The molecule has 0 aliphatic rings. The van der Waals surface area contributed by atoms with Crippen molar-refractivity contribution in [3.05, 3.63) is 78.1 Å². The van der Waals surface area contributed by atoms with Gasteiger partial charge in [0.05, 0.1) is 4.90 Å². The Balaban J connectivity index is 1.66. The summed E-state index contributed by atoms with van der Waals surface area (Å²) >= 11 is 0. The van der Waals surface area contributed by atoms with Gasteiger partial charge in [-0.05, 0) is 47.5 Å². The normalized spacial score (nSPS) is 12.7. The summed E-state index contributed by atoms with van der Waals surface area (Å²) in [5.41, 5.74) is 0.829. The minimum absolute atomic E-state index is 0.0306. The summed E-state index contributed by atoms with van der Waals surface area (Å²) in [6.07, 6.45) is 0. The molecule has 0 spiro atoms. The smallest absolute Gasteiger partial charge is 0.324 e. The van der Waals surface area contributed by atoms with Crippen LogP contribution in [-0.2, 0) is 26.2 Å². The molecular weight excluding hydrogens is 369 g/mol. The molecule has 0 aromatic heterocycles. The molecule has 5 nitrogen and oxygen atoms in total. The van der Waals surface area contributed by atoms with Crippen LogP contribution in [0.1, 0.15) is 12.5 Å². The van der Waals surface area contributed by atoms with E-state index in [1.807, 2.05) is 42.5 Å². The Kier molecular flexibility index (Phi) is 5.53. The summed E-state index contributed by atoms with van der Waals surface area (Å²) in [6, 6.07) is 16.6. The van der Waals surface area contributed by atoms with E-state index in [0.717, 1.165) is 40.6 Å². The van der Waals surface area contributed by atoms with Gasteiger partial charge in [0, 0.05) is 0 Å². The second kappa shape index (κ2) is 7.85. The van der Waals surface area contributed by atoms with Gasteiger partial charge in [-0.1, -0.05) is 42.5 Å². The summed E-state index contributed by atoms with van der Waals surface area (Å²) in [7, 11) is -3.96. The average Bonchev–Trinajstić information content (AvgIpc) is 2.66. The van der Waals surface area contributed by atoms with E-state index in [1.54, 1.807) is 0 Å². The van der Waals surface area contributed by atoms with Crippen molar-refractivity contribution in [1.29, 1.82) is 0 Å². The zero-order valence-electron chi connectivity index (χ0n) is 14.6. The van der Waals surface area contributed by atoms with Crippen LogP contribution in [-0.4, -0.2) is 20.4 Å². The molecule has 0 saturated carbocycles. The quantitative estimate of drug-likeness (QED) is 0.658. The van der Waals surface area contributed by atoms with Crippen molar-refractivity contribution in [3.63, 3.8) is 0 Å². The molecule has 0 radical (unpaired) electrons. The fourth-order valence-electron chi connectivity index (χ4n) is 2.65. The lowest BCUT2D eigenvalue weighted by molar-refractivity contribution is -0.146. The Morgan fingerprint density at radius 1 is 1.04 bits per heavy atom. The molecule has 0 fully saturated rings. The topological polar surface area (TPSA) is 72.5 Å². The van der Waals surface area contributed by atoms with Crippen molar-refractivity contribution in [2.24, 2.45) is 0 Å². The summed E-state index contributed by atoms with van der Waals surface area (Å²) in [4.78, 5) is 12.1. The highest BCUT2D eigenvalue weighted by atomic mass is 32.2. The van der Waals surface area contributed by atoms with Crippen LogP contribution in [0, 0.1) is 5.82 Å². The standard InChI is InChI=1S/C20H18FNO4S/c1-14(22-27(24,25)18-11-9-17(21)10-12-18)20(23)26-13-16-7-4-6-15-5-2-3-8-19(15)16/h2-12,14,22H,13H2,1H3/t14-/m0/s1. The lowest BCUT2D eigenvalue weighted by Crippen LogP contribution is -2.39. The first-order chi connectivity index (χ1) is 12.9. The van der Waals surface area contributed by atoms with Crippen LogP contribution in [0.25, 0.3) is 10.8 Å². The molecule has 1 atom stereocenters. The fraction of sp³-hybridized carbons (Fsp3) is 0.150. The van der Waals surface area contributed by atoms with Crippen molar-refractivity contribution in [3.8, 4) is 0 Å². The van der Waals surface area contributed by atoms with E-state index in [1.165, 1.54) is 6.92 Å². The molecule has 0 saturated heterocycles. The molecule has 3 rings (SSSR count). The molecule has 0 heterocycles. The van der Waals surface area contributed by atoms with Gasteiger partial charge in [0.1, 0.15) is 18.5 Å². The molecule has 0 aliphatic carbocycles. The van der Waals surface area contributed by atoms with Gasteiger partial charge in [-0.2, -0.15) is 4.72 Å². The molecule has 140 valence electrons. The number of sulfonamides is 1. The zero-order valence-corrected chi connectivity index (χ0v) is 15.4. The molecule has 0 unspecified atom stereocenters. The fourth-order valence-corrected chi connectivity index (χ4v) is 3.85. The molecule has 0 aliphatic heterocycles. The lowest BCUT2D eigenvalue weighted by Gasteiger charge is -2.14. The Morgan fingerprint density at radius 3 is 2.44 bits per heavy atom. The first-order valence-electron chi connectivity index (χ1n) is 8.28. The number of hydrogen-bond donors (Lipinski definition) is 1. The van der Waals surface area contributed by atoms with Crippen LogP contribution in [0.5, 0.6) is 0 Å². The van der Waals surface area contributed by atoms with Gasteiger partial charge >= 0.3 is 5.97 Å². The summed E-state index contributed by atoms with van der Waals surface area (Å²) in [5, 5.41) is 1.99. The Bertz CT molecular complexity index is 1060. The SMILES string of the molecule is C[C@H](NS(=O)(=O)c1ccc(F)cc1)C(=O)OCc1cccc2ccccc12. The lowest BCUT2D eigenvalue weighted by atomic mass is 10.1. The van der Waals surface area contributed by atoms with Crippen molar-refractivity contribution >= 4 is 26.8 Å². The van der Waals surface area contributed by atoms with Gasteiger partial charge in [0.15, 0.2) is 0 Å². The molecule has 27 heavy (non-hydrogen) atoms. The summed E-state index contributed by atoms with van der Waals surface area (Å²) < 4.78 is 45.0. The van der Waals surface area contributed by atoms with Crippen molar-refractivity contribution in [1.82, 2.24) is 4.72 Å². The van der Waals surface area contributed by atoms with E-state index >= 15 is 0 Å². The third kappa shape index (κ3) is 4.50. The van der Waals surface area contributed by atoms with Gasteiger partial charge in [0.25, 0.3) is 0 Å². The minimum Gasteiger partial charge on any atom is -0.460 e. The van der Waals surface area contributed by atoms with Crippen molar-refractivity contribution in [2.45, 2.75) is 24.5 Å². The zero-order chi connectivity index (χ0) is 19.4. The second-order valence-corrected chi connectivity index (χ2v) is 7.76. The number of nitrogens with one attached hydrogen (secondary N) is 1. The van der Waals surface area contributed by atoms with E-state index < -0.39 is 27.9 Å². The van der Waals surface area contributed by atoms with Gasteiger partial charge < -0.3 is 4.74 Å². The predicted octanol–water partition coefficient (Wildman–Crippen LogP) is 3.39. The third-order valence-corrected chi connectivity index (χ3v) is 5.62. The van der Waals surface area contributed by atoms with E-state index in [9.17, 15) is 17.6 Å². The first-order valence-corrected chi connectivity index (χ1v) is 9.76. The van der Waals surface area contributed by atoms with E-state index in [2.05, 4.69) is 4.72 Å². The average molecular weight is 387 g/mol. The number of ether oxygens (including phenoxy) is 1. The van der Waals surface area contributed by atoms with Gasteiger partial charge in [-0.25, -0.2) is 12.8 Å². The Labute approximate surface area is 156 Å². The number of carbonyl (C=O) groups excluding carboxylic acids is 1. The Hall–Kier alpha value is -2.77. The molecule has 7 heteroatoms. The molecule has 3 aromatic carbocycles. The largest absolute Gasteiger partial charge is 0.460 e. The van der Waals surface area contributed by atoms with Gasteiger partial charge in [0.2, 0.25) is 10.0 Å². The minimum atomic E-state index is -3.96. The maximum Gasteiger partial charge on any atom is 0.324 e. The highest BCUT2D eigenvalue weighted by molar-refractivity contribution is 7.89. The summed E-state index contributed by atoms with van der Waals surface area (Å²) in [5.74, 6) is -1.25. The maximum absolute atomic E-state index is 12.9. The first kappa shape index (κ1) is 19.0. The van der Waals surface area contributed by atoms with Gasteiger partial charge in [-0.3, -0.25) is 4.79 Å².